The van der Waals surface area contributed by atoms with Gasteiger partial charge in [-0.25, -0.2) is 4.98 Å². The molecule has 0 aliphatic heterocycles. The van der Waals surface area contributed by atoms with E-state index in [-0.39, 0.29) is 0 Å². The molecule has 0 N–H and O–H groups in total. The second-order valence-corrected chi connectivity index (χ2v) is 5.36. The minimum atomic E-state index is 0.451. The van der Waals surface area contributed by atoms with Gasteiger partial charge in [0.15, 0.2) is 5.82 Å². The SMILES string of the molecule is Cn1ccc(-c2nccn2C2Cc3ccccc3C2)n1. The lowest BCUT2D eigenvalue weighted by atomic mass is 10.1. The molecule has 0 saturated heterocycles. The average molecular weight is 264 g/mol. The van der Waals surface area contributed by atoms with Crippen LogP contribution in [0.4, 0.5) is 0 Å². The summed E-state index contributed by atoms with van der Waals surface area (Å²) in [6, 6.07) is 11.2. The van der Waals surface area contributed by atoms with Crippen molar-refractivity contribution in [2.45, 2.75) is 18.9 Å². The molecule has 0 unspecified atom stereocenters. The Morgan fingerprint density at radius 1 is 1.05 bits per heavy atom. The van der Waals surface area contributed by atoms with E-state index in [0.29, 0.717) is 6.04 Å². The highest BCUT2D eigenvalue weighted by Crippen LogP contribution is 2.32. The highest BCUT2D eigenvalue weighted by Gasteiger charge is 2.24. The molecule has 0 spiro atoms. The number of rotatable bonds is 2. The van der Waals surface area contributed by atoms with Gasteiger partial charge in [-0.1, -0.05) is 24.3 Å². The number of aromatic nitrogens is 4. The molecule has 2 aromatic heterocycles. The molecule has 100 valence electrons. The fourth-order valence-electron chi connectivity index (χ4n) is 3.07. The van der Waals surface area contributed by atoms with Gasteiger partial charge in [-0.15, -0.1) is 0 Å². The van der Waals surface area contributed by atoms with Gasteiger partial charge < -0.3 is 4.57 Å². The third-order valence-electron chi connectivity index (χ3n) is 4.03. The summed E-state index contributed by atoms with van der Waals surface area (Å²) in [5.41, 5.74) is 3.85. The van der Waals surface area contributed by atoms with Crippen molar-refractivity contribution < 1.29 is 0 Å². The normalized spacial score (nSPS) is 14.7. The van der Waals surface area contributed by atoms with Crippen molar-refractivity contribution in [3.63, 3.8) is 0 Å². The Balaban J connectivity index is 1.70. The molecule has 0 saturated carbocycles. The van der Waals surface area contributed by atoms with Gasteiger partial charge in [0.25, 0.3) is 0 Å². The predicted molar refractivity (Wildman–Crippen MR) is 77.3 cm³/mol. The molecule has 0 bridgehead atoms. The Morgan fingerprint density at radius 3 is 2.45 bits per heavy atom. The van der Waals surface area contributed by atoms with Gasteiger partial charge in [0.1, 0.15) is 5.69 Å². The summed E-state index contributed by atoms with van der Waals surface area (Å²) in [4.78, 5) is 4.49. The van der Waals surface area contributed by atoms with E-state index in [1.54, 1.807) is 0 Å². The average Bonchev–Trinajstić information content (AvgIpc) is 3.15. The van der Waals surface area contributed by atoms with E-state index in [9.17, 15) is 0 Å². The van der Waals surface area contributed by atoms with Gasteiger partial charge >= 0.3 is 0 Å². The molecule has 1 aliphatic rings. The van der Waals surface area contributed by atoms with E-state index in [4.69, 9.17) is 0 Å². The molecular weight excluding hydrogens is 248 g/mol. The Labute approximate surface area is 117 Å². The Morgan fingerprint density at radius 2 is 1.80 bits per heavy atom. The van der Waals surface area contributed by atoms with Crippen molar-refractivity contribution in [2.75, 3.05) is 0 Å². The fourth-order valence-corrected chi connectivity index (χ4v) is 3.07. The van der Waals surface area contributed by atoms with Gasteiger partial charge in [0, 0.05) is 31.7 Å². The van der Waals surface area contributed by atoms with Crippen LogP contribution in [0.3, 0.4) is 0 Å². The summed E-state index contributed by atoms with van der Waals surface area (Å²) in [6.07, 6.45) is 8.05. The van der Waals surface area contributed by atoms with Gasteiger partial charge in [-0.05, 0) is 30.0 Å². The third-order valence-corrected chi connectivity index (χ3v) is 4.03. The Kier molecular flexibility index (Phi) is 2.49. The molecule has 4 heteroatoms. The molecule has 20 heavy (non-hydrogen) atoms. The molecule has 0 fully saturated rings. The van der Waals surface area contributed by atoms with Crippen molar-refractivity contribution in [1.82, 2.24) is 19.3 Å². The number of aryl methyl sites for hydroxylation is 1. The second kappa shape index (κ2) is 4.34. The van der Waals surface area contributed by atoms with Crippen molar-refractivity contribution >= 4 is 0 Å². The lowest BCUT2D eigenvalue weighted by Gasteiger charge is -2.13. The van der Waals surface area contributed by atoms with Gasteiger partial charge in [-0.2, -0.15) is 5.10 Å². The van der Waals surface area contributed by atoms with Crippen molar-refractivity contribution in [3.05, 3.63) is 60.0 Å². The van der Waals surface area contributed by atoms with E-state index in [0.717, 1.165) is 24.4 Å². The van der Waals surface area contributed by atoms with Crippen molar-refractivity contribution in [2.24, 2.45) is 7.05 Å². The van der Waals surface area contributed by atoms with Crippen molar-refractivity contribution in [3.8, 4) is 11.5 Å². The molecule has 1 aromatic carbocycles. The molecule has 0 amide bonds. The van der Waals surface area contributed by atoms with Crippen molar-refractivity contribution in [1.29, 1.82) is 0 Å². The van der Waals surface area contributed by atoms with Crippen LogP contribution in [0, 0.1) is 0 Å². The van der Waals surface area contributed by atoms with Crippen LogP contribution in [0.25, 0.3) is 11.5 Å². The standard InChI is InChI=1S/C16H16N4/c1-19-8-6-15(18-19)16-17-7-9-20(16)14-10-12-4-2-3-5-13(12)11-14/h2-9,14H,10-11H2,1H3. The molecule has 0 radical (unpaired) electrons. The van der Waals surface area contributed by atoms with E-state index in [1.165, 1.54) is 11.1 Å². The van der Waals surface area contributed by atoms with E-state index in [1.807, 2.05) is 30.2 Å². The number of hydrogen-bond acceptors (Lipinski definition) is 2. The zero-order chi connectivity index (χ0) is 13.5. The fraction of sp³-hybridized carbons (Fsp3) is 0.250. The first-order valence-electron chi connectivity index (χ1n) is 6.91. The Bertz CT molecular complexity index is 728. The maximum absolute atomic E-state index is 4.49. The second-order valence-electron chi connectivity index (χ2n) is 5.36. The molecule has 3 aromatic rings. The summed E-state index contributed by atoms with van der Waals surface area (Å²) in [5.74, 6) is 0.961. The first-order chi connectivity index (χ1) is 9.81. The maximum Gasteiger partial charge on any atom is 0.160 e. The monoisotopic (exact) mass is 264 g/mol. The number of fused-ring (bicyclic) bond motifs is 1. The minimum Gasteiger partial charge on any atom is -0.326 e. The van der Waals surface area contributed by atoms with Crippen LogP contribution in [0.15, 0.2) is 48.9 Å². The van der Waals surface area contributed by atoms with Gasteiger partial charge in [-0.3, -0.25) is 4.68 Å². The zero-order valence-electron chi connectivity index (χ0n) is 11.4. The van der Waals surface area contributed by atoms with E-state index < -0.39 is 0 Å². The van der Waals surface area contributed by atoms with Crippen LogP contribution < -0.4 is 0 Å². The number of nitrogens with zero attached hydrogens (tertiary/aromatic N) is 4. The molecule has 1 aliphatic carbocycles. The van der Waals surface area contributed by atoms with Crippen LogP contribution in [0.1, 0.15) is 17.2 Å². The van der Waals surface area contributed by atoms with E-state index in [2.05, 4.69) is 45.1 Å². The number of imidazole rings is 1. The summed E-state index contributed by atoms with van der Waals surface area (Å²) < 4.78 is 4.08. The lowest BCUT2D eigenvalue weighted by Crippen LogP contribution is -2.10. The first kappa shape index (κ1) is 11.5. The predicted octanol–water partition coefficient (Wildman–Crippen LogP) is 2.62. The lowest BCUT2D eigenvalue weighted by molar-refractivity contribution is 0.533. The van der Waals surface area contributed by atoms with Crippen LogP contribution in [0.5, 0.6) is 0 Å². The van der Waals surface area contributed by atoms with E-state index >= 15 is 0 Å². The highest BCUT2D eigenvalue weighted by molar-refractivity contribution is 5.49. The topological polar surface area (TPSA) is 35.6 Å². The minimum absolute atomic E-state index is 0.451. The molecule has 4 nitrogen and oxygen atoms in total. The van der Waals surface area contributed by atoms with Crippen LogP contribution >= 0.6 is 0 Å². The molecule has 2 heterocycles. The summed E-state index contributed by atoms with van der Waals surface area (Å²) in [7, 11) is 1.93. The third kappa shape index (κ3) is 1.76. The molecular formula is C16H16N4. The van der Waals surface area contributed by atoms with Crippen LogP contribution in [-0.4, -0.2) is 19.3 Å². The van der Waals surface area contributed by atoms with Crippen LogP contribution in [0.2, 0.25) is 0 Å². The number of hydrogen-bond donors (Lipinski definition) is 0. The summed E-state index contributed by atoms with van der Waals surface area (Å²) in [5, 5.41) is 4.47. The van der Waals surface area contributed by atoms with Gasteiger partial charge in [0.05, 0.1) is 0 Å². The smallest absolute Gasteiger partial charge is 0.160 e. The highest BCUT2D eigenvalue weighted by atomic mass is 15.3. The van der Waals surface area contributed by atoms with Gasteiger partial charge in [0.2, 0.25) is 0 Å². The largest absolute Gasteiger partial charge is 0.326 e. The molecule has 4 rings (SSSR count). The Hall–Kier alpha value is -2.36. The first-order valence-corrected chi connectivity index (χ1v) is 6.91. The molecule has 0 atom stereocenters. The quantitative estimate of drug-likeness (QED) is 0.713. The number of benzene rings is 1. The summed E-state index contributed by atoms with van der Waals surface area (Å²) >= 11 is 0. The summed E-state index contributed by atoms with van der Waals surface area (Å²) in [6.45, 7) is 0. The maximum atomic E-state index is 4.49. The van der Waals surface area contributed by atoms with Crippen LogP contribution in [-0.2, 0) is 19.9 Å². The zero-order valence-corrected chi connectivity index (χ0v) is 11.4.